The van der Waals surface area contributed by atoms with Crippen molar-refractivity contribution in [1.82, 2.24) is 10.3 Å². The van der Waals surface area contributed by atoms with Crippen LogP contribution in [0.2, 0.25) is 0 Å². The molecule has 2 heterocycles. The molecule has 0 spiro atoms. The van der Waals surface area contributed by atoms with Gasteiger partial charge < -0.3 is 10.4 Å². The number of thioether (sulfide) groups is 1. The number of nitrogens with zero attached hydrogens (tertiary/aromatic N) is 1. The van der Waals surface area contributed by atoms with Gasteiger partial charge in [-0.1, -0.05) is 20.8 Å². The number of aliphatic hydroxyl groups is 1. The van der Waals surface area contributed by atoms with Gasteiger partial charge in [0.15, 0.2) is 0 Å². The van der Waals surface area contributed by atoms with Crippen LogP contribution in [0.1, 0.15) is 37.9 Å². The molecule has 5 heteroatoms. The normalized spacial score (nSPS) is 24.7. The first-order chi connectivity index (χ1) is 8.39. The molecule has 0 radical (unpaired) electrons. The van der Waals surface area contributed by atoms with Crippen molar-refractivity contribution in [2.24, 2.45) is 0 Å². The van der Waals surface area contributed by atoms with E-state index >= 15 is 0 Å². The molecular formula is C13H22N2OS2. The van der Waals surface area contributed by atoms with Crippen LogP contribution in [0.3, 0.4) is 0 Å². The van der Waals surface area contributed by atoms with Gasteiger partial charge in [-0.3, -0.25) is 0 Å². The van der Waals surface area contributed by atoms with E-state index in [1.165, 1.54) is 5.01 Å². The maximum atomic E-state index is 10.2. The van der Waals surface area contributed by atoms with Crippen molar-refractivity contribution >= 4 is 23.1 Å². The van der Waals surface area contributed by atoms with Gasteiger partial charge in [0, 0.05) is 29.6 Å². The van der Waals surface area contributed by atoms with E-state index in [1.54, 1.807) is 11.3 Å². The van der Waals surface area contributed by atoms with E-state index in [-0.39, 0.29) is 5.41 Å². The Labute approximate surface area is 117 Å². The maximum absolute atomic E-state index is 10.2. The Morgan fingerprint density at radius 2 is 2.28 bits per heavy atom. The molecule has 2 N–H and O–H groups in total. The molecule has 1 aliphatic heterocycles. The maximum Gasteiger partial charge on any atom is 0.0982 e. The van der Waals surface area contributed by atoms with E-state index < -0.39 is 5.60 Å². The minimum atomic E-state index is -0.506. The number of hydrogen-bond donors (Lipinski definition) is 2. The number of hydrogen-bond acceptors (Lipinski definition) is 5. The van der Waals surface area contributed by atoms with E-state index in [0.717, 1.165) is 30.2 Å². The lowest BCUT2D eigenvalue weighted by Gasteiger charge is -2.21. The van der Waals surface area contributed by atoms with E-state index in [2.05, 4.69) is 36.5 Å². The van der Waals surface area contributed by atoms with E-state index in [0.29, 0.717) is 6.54 Å². The molecule has 0 aliphatic carbocycles. The lowest BCUT2D eigenvalue weighted by atomic mass is 9.98. The SMILES string of the molecule is CC(C)(C)c1nc(CNCC2(O)CCSC2)cs1. The molecule has 18 heavy (non-hydrogen) atoms. The van der Waals surface area contributed by atoms with Crippen molar-refractivity contribution < 1.29 is 5.11 Å². The van der Waals surface area contributed by atoms with Crippen molar-refractivity contribution in [2.45, 2.75) is 44.8 Å². The fourth-order valence-electron chi connectivity index (χ4n) is 1.89. The predicted molar refractivity (Wildman–Crippen MR) is 79.4 cm³/mol. The first-order valence-electron chi connectivity index (χ1n) is 6.35. The predicted octanol–water partition coefficient (Wildman–Crippen LogP) is 2.40. The van der Waals surface area contributed by atoms with Crippen LogP contribution in [0.15, 0.2) is 5.38 Å². The molecule has 0 aromatic carbocycles. The molecule has 102 valence electrons. The molecule has 0 saturated carbocycles. The van der Waals surface area contributed by atoms with E-state index in [9.17, 15) is 5.11 Å². The summed E-state index contributed by atoms with van der Waals surface area (Å²) in [6.07, 6.45) is 0.898. The minimum Gasteiger partial charge on any atom is -0.388 e. The lowest BCUT2D eigenvalue weighted by Crippen LogP contribution is -2.40. The van der Waals surface area contributed by atoms with Crippen LogP contribution in [0.5, 0.6) is 0 Å². The molecule has 1 aliphatic rings. The van der Waals surface area contributed by atoms with Gasteiger partial charge in [-0.25, -0.2) is 4.98 Å². The smallest absolute Gasteiger partial charge is 0.0982 e. The Morgan fingerprint density at radius 3 is 2.83 bits per heavy atom. The van der Waals surface area contributed by atoms with Gasteiger partial charge in [0.1, 0.15) is 0 Å². The average Bonchev–Trinajstić information content (AvgIpc) is 2.87. The summed E-state index contributed by atoms with van der Waals surface area (Å²) in [5.74, 6) is 1.92. The molecule has 1 aromatic rings. The Bertz CT molecular complexity index is 392. The molecule has 1 saturated heterocycles. The standard InChI is InChI=1S/C13H22N2OS2/c1-12(2,3)11-15-10(7-18-11)6-14-8-13(16)4-5-17-9-13/h7,14,16H,4-6,8-9H2,1-3H3. The molecule has 1 aromatic heterocycles. The zero-order valence-corrected chi connectivity index (χ0v) is 13.0. The summed E-state index contributed by atoms with van der Waals surface area (Å²) in [5.41, 5.74) is 0.704. The zero-order chi connectivity index (χ0) is 13.2. The summed E-state index contributed by atoms with van der Waals surface area (Å²) in [5, 5.41) is 16.8. The van der Waals surface area contributed by atoms with Crippen LogP contribution in [0.4, 0.5) is 0 Å². The Morgan fingerprint density at radius 1 is 1.50 bits per heavy atom. The molecule has 1 unspecified atom stereocenters. The van der Waals surface area contributed by atoms with Crippen LogP contribution >= 0.6 is 23.1 Å². The molecule has 0 bridgehead atoms. The number of thiazole rings is 1. The second kappa shape index (κ2) is 5.49. The highest BCUT2D eigenvalue weighted by molar-refractivity contribution is 7.99. The quantitative estimate of drug-likeness (QED) is 0.892. The third kappa shape index (κ3) is 3.70. The van der Waals surface area contributed by atoms with Gasteiger partial charge in [0.05, 0.1) is 16.3 Å². The first kappa shape index (κ1) is 14.3. The zero-order valence-electron chi connectivity index (χ0n) is 11.3. The molecule has 2 rings (SSSR count). The second-order valence-electron chi connectivity index (χ2n) is 6.02. The number of nitrogens with one attached hydrogen (secondary N) is 1. The van der Waals surface area contributed by atoms with Gasteiger partial charge in [-0.2, -0.15) is 11.8 Å². The number of rotatable bonds is 4. The summed E-state index contributed by atoms with van der Waals surface area (Å²) < 4.78 is 0. The van der Waals surface area contributed by atoms with Gasteiger partial charge in [0.25, 0.3) is 0 Å². The summed E-state index contributed by atoms with van der Waals surface area (Å²) >= 11 is 3.55. The first-order valence-corrected chi connectivity index (χ1v) is 8.38. The topological polar surface area (TPSA) is 45.2 Å². The van der Waals surface area contributed by atoms with Crippen LogP contribution in [0, 0.1) is 0 Å². The van der Waals surface area contributed by atoms with Gasteiger partial charge in [-0.05, 0) is 12.2 Å². The van der Waals surface area contributed by atoms with Crippen molar-refractivity contribution in [3.8, 4) is 0 Å². The van der Waals surface area contributed by atoms with Crippen LogP contribution in [-0.2, 0) is 12.0 Å². The highest BCUT2D eigenvalue weighted by atomic mass is 32.2. The number of aromatic nitrogens is 1. The fraction of sp³-hybridized carbons (Fsp3) is 0.769. The third-order valence-electron chi connectivity index (χ3n) is 3.04. The lowest BCUT2D eigenvalue weighted by molar-refractivity contribution is 0.0674. The molecular weight excluding hydrogens is 264 g/mol. The van der Waals surface area contributed by atoms with Crippen LogP contribution < -0.4 is 5.32 Å². The highest BCUT2D eigenvalue weighted by Crippen LogP contribution is 2.27. The third-order valence-corrected chi connectivity index (χ3v) is 5.59. The molecule has 3 nitrogen and oxygen atoms in total. The molecule has 1 atom stereocenters. The molecule has 0 amide bonds. The summed E-state index contributed by atoms with van der Waals surface area (Å²) in [6.45, 7) is 7.96. The monoisotopic (exact) mass is 286 g/mol. The van der Waals surface area contributed by atoms with Crippen molar-refractivity contribution in [3.05, 3.63) is 16.1 Å². The van der Waals surface area contributed by atoms with Crippen LogP contribution in [0.25, 0.3) is 0 Å². The largest absolute Gasteiger partial charge is 0.388 e. The summed E-state index contributed by atoms with van der Waals surface area (Å²) in [6, 6.07) is 0. The Kier molecular flexibility index (Phi) is 4.36. The highest BCUT2D eigenvalue weighted by Gasteiger charge is 2.31. The van der Waals surface area contributed by atoms with E-state index in [1.807, 2.05) is 11.8 Å². The Balaban J connectivity index is 1.82. The van der Waals surface area contributed by atoms with Crippen molar-refractivity contribution in [1.29, 1.82) is 0 Å². The van der Waals surface area contributed by atoms with Gasteiger partial charge in [0.2, 0.25) is 0 Å². The van der Waals surface area contributed by atoms with Gasteiger partial charge >= 0.3 is 0 Å². The van der Waals surface area contributed by atoms with E-state index in [4.69, 9.17) is 0 Å². The molecule has 1 fully saturated rings. The fourth-order valence-corrected chi connectivity index (χ4v) is 4.09. The summed E-state index contributed by atoms with van der Waals surface area (Å²) in [4.78, 5) is 4.64. The van der Waals surface area contributed by atoms with Gasteiger partial charge in [-0.15, -0.1) is 11.3 Å². The average molecular weight is 286 g/mol. The Hall–Kier alpha value is -0.100. The minimum absolute atomic E-state index is 0.128. The van der Waals surface area contributed by atoms with Crippen molar-refractivity contribution in [2.75, 3.05) is 18.1 Å². The van der Waals surface area contributed by atoms with Crippen molar-refractivity contribution in [3.63, 3.8) is 0 Å². The second-order valence-corrected chi connectivity index (χ2v) is 7.99. The van der Waals surface area contributed by atoms with Crippen LogP contribution in [-0.4, -0.2) is 33.7 Å². The summed E-state index contributed by atoms with van der Waals surface area (Å²) in [7, 11) is 0.